The van der Waals surface area contributed by atoms with E-state index in [1.54, 1.807) is 6.07 Å². The van der Waals surface area contributed by atoms with E-state index in [4.69, 9.17) is 0 Å². The first-order valence-corrected chi connectivity index (χ1v) is 8.95. The molecule has 1 aliphatic rings. The molecule has 5 heteroatoms. The number of rotatable bonds is 5. The zero-order valence-corrected chi connectivity index (χ0v) is 14.7. The highest BCUT2D eigenvalue weighted by atomic mass is 19.4. The zero-order chi connectivity index (χ0) is 18.0. The number of halogens is 3. The molecular weight excluding hydrogens is 327 g/mol. The van der Waals surface area contributed by atoms with Crippen LogP contribution in [0, 0.1) is 12.8 Å². The van der Waals surface area contributed by atoms with Crippen molar-refractivity contribution in [1.29, 1.82) is 0 Å². The predicted octanol–water partition coefficient (Wildman–Crippen LogP) is 6.75. The van der Waals surface area contributed by atoms with Crippen molar-refractivity contribution < 1.29 is 17.9 Å². The lowest BCUT2D eigenvalue weighted by molar-refractivity contribution is -0.274. The van der Waals surface area contributed by atoms with E-state index in [1.807, 2.05) is 6.92 Å². The van der Waals surface area contributed by atoms with Gasteiger partial charge in [0.2, 0.25) is 0 Å². The van der Waals surface area contributed by atoms with Crippen LogP contribution in [0.5, 0.6) is 5.75 Å². The van der Waals surface area contributed by atoms with Gasteiger partial charge in [-0.2, -0.15) is 0 Å². The number of aryl methyl sites for hydroxylation is 1. The van der Waals surface area contributed by atoms with Crippen molar-refractivity contribution in [3.8, 4) is 5.75 Å². The molecule has 1 aromatic heterocycles. The van der Waals surface area contributed by atoms with E-state index in [0.717, 1.165) is 40.9 Å². The van der Waals surface area contributed by atoms with Crippen LogP contribution in [0.25, 0.3) is 16.5 Å². The lowest BCUT2D eigenvalue weighted by Crippen LogP contribution is -2.16. The summed E-state index contributed by atoms with van der Waals surface area (Å²) in [6.45, 7) is 4.17. The molecular formula is C20H24F3NO. The Hall–Kier alpha value is -1.91. The van der Waals surface area contributed by atoms with Gasteiger partial charge in [0.15, 0.2) is 0 Å². The predicted molar refractivity (Wildman–Crippen MR) is 94.6 cm³/mol. The first kappa shape index (κ1) is 17.9. The van der Waals surface area contributed by atoms with Crippen LogP contribution in [0.4, 0.5) is 13.2 Å². The lowest BCUT2D eigenvalue weighted by atomic mass is 9.85. The van der Waals surface area contributed by atoms with Gasteiger partial charge in [0.05, 0.1) is 0 Å². The molecule has 0 fully saturated rings. The Morgan fingerprint density at radius 3 is 2.72 bits per heavy atom. The molecule has 0 radical (unpaired) electrons. The van der Waals surface area contributed by atoms with E-state index < -0.39 is 6.36 Å². The fraction of sp³-hybridized carbons (Fsp3) is 0.500. The molecule has 2 nitrogen and oxygen atoms in total. The van der Waals surface area contributed by atoms with Crippen LogP contribution in [-0.2, 0) is 0 Å². The summed E-state index contributed by atoms with van der Waals surface area (Å²) in [6.07, 6.45) is 4.72. The van der Waals surface area contributed by atoms with E-state index in [2.05, 4.69) is 22.7 Å². The number of aromatic amines is 1. The number of unbranched alkanes of at least 4 members (excludes halogenated alkanes) is 1. The molecule has 0 aliphatic heterocycles. The second kappa shape index (κ2) is 7.14. The topological polar surface area (TPSA) is 25.0 Å². The summed E-state index contributed by atoms with van der Waals surface area (Å²) in [5, 5.41) is 0.783. The second-order valence-corrected chi connectivity index (χ2v) is 6.89. The van der Waals surface area contributed by atoms with Crippen molar-refractivity contribution >= 4 is 16.5 Å². The first-order valence-electron chi connectivity index (χ1n) is 8.95. The number of aromatic nitrogens is 1. The van der Waals surface area contributed by atoms with Gasteiger partial charge < -0.3 is 9.72 Å². The third kappa shape index (κ3) is 4.20. The molecule has 2 aromatic rings. The fourth-order valence-corrected chi connectivity index (χ4v) is 3.69. The van der Waals surface area contributed by atoms with Crippen LogP contribution >= 0.6 is 0 Å². The van der Waals surface area contributed by atoms with E-state index in [-0.39, 0.29) is 5.75 Å². The second-order valence-electron chi connectivity index (χ2n) is 6.89. The number of hydrogen-bond acceptors (Lipinski definition) is 1. The van der Waals surface area contributed by atoms with Gasteiger partial charge in [0.1, 0.15) is 5.75 Å². The lowest BCUT2D eigenvalue weighted by Gasteiger charge is -2.21. The molecule has 136 valence electrons. The standard InChI is InChI=1S/C20H24F3NO/c1-3-4-5-14-6-8-15(9-7-14)19-13(2)17-12-16(25-20(21,22)23)10-11-18(17)24-19/h8,10-12,14,24H,3-7,9H2,1-2H3. The van der Waals surface area contributed by atoms with Crippen LogP contribution in [-0.4, -0.2) is 11.3 Å². The normalized spacial score (nSPS) is 18.4. The van der Waals surface area contributed by atoms with E-state index in [0.29, 0.717) is 0 Å². The molecule has 1 aromatic carbocycles. The molecule has 25 heavy (non-hydrogen) atoms. The van der Waals surface area contributed by atoms with Gasteiger partial charge >= 0.3 is 6.36 Å². The number of fused-ring (bicyclic) bond motifs is 1. The third-order valence-corrected chi connectivity index (χ3v) is 5.07. The number of nitrogens with one attached hydrogen (secondary N) is 1. The van der Waals surface area contributed by atoms with Crippen molar-refractivity contribution in [2.24, 2.45) is 5.92 Å². The monoisotopic (exact) mass is 351 g/mol. The van der Waals surface area contributed by atoms with E-state index in [1.165, 1.54) is 43.4 Å². The van der Waals surface area contributed by atoms with Gasteiger partial charge in [-0.1, -0.05) is 32.3 Å². The van der Waals surface area contributed by atoms with Gasteiger partial charge in [0.25, 0.3) is 0 Å². The Morgan fingerprint density at radius 1 is 1.28 bits per heavy atom. The summed E-state index contributed by atoms with van der Waals surface area (Å²) in [5.74, 6) is 0.589. The summed E-state index contributed by atoms with van der Waals surface area (Å²) >= 11 is 0. The van der Waals surface area contributed by atoms with Crippen molar-refractivity contribution in [2.75, 3.05) is 0 Å². The maximum atomic E-state index is 12.4. The Bertz CT molecular complexity index is 773. The average molecular weight is 351 g/mol. The van der Waals surface area contributed by atoms with Gasteiger partial charge in [0, 0.05) is 16.6 Å². The molecule has 1 unspecified atom stereocenters. The van der Waals surface area contributed by atoms with Gasteiger partial charge in [-0.15, -0.1) is 13.2 Å². The Morgan fingerprint density at radius 2 is 2.08 bits per heavy atom. The van der Waals surface area contributed by atoms with Gasteiger partial charge in [-0.25, -0.2) is 0 Å². The average Bonchev–Trinajstić information content (AvgIpc) is 2.89. The number of alkyl halides is 3. The summed E-state index contributed by atoms with van der Waals surface area (Å²) in [5.41, 5.74) is 4.16. The smallest absolute Gasteiger partial charge is 0.406 e. The highest BCUT2D eigenvalue weighted by Gasteiger charge is 2.31. The fourth-order valence-electron chi connectivity index (χ4n) is 3.69. The largest absolute Gasteiger partial charge is 0.573 e. The Kier molecular flexibility index (Phi) is 5.11. The minimum Gasteiger partial charge on any atom is -0.406 e. The van der Waals surface area contributed by atoms with Crippen molar-refractivity contribution in [3.63, 3.8) is 0 Å². The number of H-pyrrole nitrogens is 1. The van der Waals surface area contributed by atoms with Crippen molar-refractivity contribution in [3.05, 3.63) is 35.5 Å². The molecule has 0 saturated heterocycles. The van der Waals surface area contributed by atoms with Crippen LogP contribution in [0.1, 0.15) is 56.7 Å². The molecule has 3 rings (SSSR count). The molecule has 0 amide bonds. The van der Waals surface area contributed by atoms with Crippen LogP contribution in [0.15, 0.2) is 24.3 Å². The molecule has 1 atom stereocenters. The Balaban J connectivity index is 1.83. The quantitative estimate of drug-likeness (QED) is 0.633. The summed E-state index contributed by atoms with van der Waals surface area (Å²) in [7, 11) is 0. The molecule has 0 spiro atoms. The van der Waals surface area contributed by atoms with Crippen LogP contribution in [0.2, 0.25) is 0 Å². The van der Waals surface area contributed by atoms with Gasteiger partial charge in [-0.3, -0.25) is 0 Å². The zero-order valence-electron chi connectivity index (χ0n) is 14.7. The minimum atomic E-state index is -4.67. The summed E-state index contributed by atoms with van der Waals surface area (Å²) in [4.78, 5) is 3.38. The highest BCUT2D eigenvalue weighted by Crippen LogP contribution is 2.37. The van der Waals surface area contributed by atoms with Crippen molar-refractivity contribution in [1.82, 2.24) is 4.98 Å². The molecule has 1 heterocycles. The summed E-state index contributed by atoms with van der Waals surface area (Å²) in [6, 6.07) is 4.47. The maximum absolute atomic E-state index is 12.4. The maximum Gasteiger partial charge on any atom is 0.573 e. The summed E-state index contributed by atoms with van der Waals surface area (Å²) < 4.78 is 41.3. The Labute approximate surface area is 146 Å². The number of benzene rings is 1. The molecule has 1 aliphatic carbocycles. The third-order valence-electron chi connectivity index (χ3n) is 5.07. The number of ether oxygens (including phenoxy) is 1. The van der Waals surface area contributed by atoms with E-state index >= 15 is 0 Å². The SMILES string of the molecule is CCCCC1CC=C(c2[nH]c3ccc(OC(F)(F)F)cc3c2C)CC1. The van der Waals surface area contributed by atoms with E-state index in [9.17, 15) is 13.2 Å². The first-order chi connectivity index (χ1) is 11.9. The minimum absolute atomic E-state index is 0.175. The number of hydrogen-bond donors (Lipinski definition) is 1. The molecule has 1 N–H and O–H groups in total. The van der Waals surface area contributed by atoms with Crippen molar-refractivity contribution in [2.45, 2.75) is 58.7 Å². The van der Waals surface area contributed by atoms with Crippen LogP contribution in [0.3, 0.4) is 0 Å². The highest BCUT2D eigenvalue weighted by molar-refractivity contribution is 5.90. The number of allylic oxidation sites excluding steroid dienone is 2. The van der Waals surface area contributed by atoms with Gasteiger partial charge in [-0.05, 0) is 61.4 Å². The van der Waals surface area contributed by atoms with Crippen LogP contribution < -0.4 is 4.74 Å². The molecule has 0 saturated carbocycles. The molecule has 0 bridgehead atoms.